The van der Waals surface area contributed by atoms with Gasteiger partial charge in [0.05, 0.1) is 11.8 Å². The summed E-state index contributed by atoms with van der Waals surface area (Å²) >= 11 is 0. The molecule has 0 aliphatic heterocycles. The van der Waals surface area contributed by atoms with Crippen molar-refractivity contribution in [2.45, 2.75) is 128 Å². The van der Waals surface area contributed by atoms with Crippen LogP contribution in [0.1, 0.15) is 116 Å². The van der Waals surface area contributed by atoms with Crippen LogP contribution in [0, 0.1) is 23.7 Å². The van der Waals surface area contributed by atoms with Gasteiger partial charge in [0, 0.05) is 0 Å². The van der Waals surface area contributed by atoms with E-state index in [2.05, 4.69) is 0 Å². The monoisotopic (exact) mass is 418 g/mol. The highest BCUT2D eigenvalue weighted by Crippen LogP contribution is 2.41. The van der Waals surface area contributed by atoms with Crippen LogP contribution in [0.5, 0.6) is 0 Å². The second-order valence-electron chi connectivity index (χ2n) is 10.6. The first kappa shape index (κ1) is 22.1. The Kier molecular flexibility index (Phi) is 8.12. The first-order valence-electron chi connectivity index (χ1n) is 13.1. The van der Waals surface area contributed by atoms with E-state index in [1.807, 2.05) is 0 Å². The van der Waals surface area contributed by atoms with Gasteiger partial charge in [0.25, 0.3) is 0 Å². The fourth-order valence-electron chi connectivity index (χ4n) is 6.55. The lowest BCUT2D eigenvalue weighted by Crippen LogP contribution is -2.33. The molecule has 170 valence electrons. The van der Waals surface area contributed by atoms with E-state index >= 15 is 0 Å². The second-order valence-corrected chi connectivity index (χ2v) is 10.6. The number of hydrogen-bond acceptors (Lipinski definition) is 4. The first-order valence-corrected chi connectivity index (χ1v) is 13.1. The van der Waals surface area contributed by atoms with E-state index in [1.165, 1.54) is 64.2 Å². The number of esters is 2. The van der Waals surface area contributed by atoms with Gasteiger partial charge in [-0.15, -0.1) is 0 Å². The lowest BCUT2D eigenvalue weighted by molar-refractivity contribution is -0.157. The second kappa shape index (κ2) is 11.0. The third-order valence-electron chi connectivity index (χ3n) is 8.55. The molecule has 4 rings (SSSR count). The molecule has 4 aliphatic rings. The first-order chi connectivity index (χ1) is 14.7. The van der Waals surface area contributed by atoms with E-state index in [0.29, 0.717) is 0 Å². The van der Waals surface area contributed by atoms with Crippen LogP contribution in [0.2, 0.25) is 0 Å². The van der Waals surface area contributed by atoms with Crippen molar-refractivity contribution >= 4 is 11.9 Å². The predicted octanol–water partition coefficient (Wildman–Crippen LogP) is 6.35. The minimum absolute atomic E-state index is 0.0788. The summed E-state index contributed by atoms with van der Waals surface area (Å²) in [5.74, 6) is 1.97. The van der Waals surface area contributed by atoms with Crippen LogP contribution in [0.15, 0.2) is 0 Å². The maximum absolute atomic E-state index is 12.6. The molecule has 4 aliphatic carbocycles. The Morgan fingerprint density at radius 3 is 1.37 bits per heavy atom. The van der Waals surface area contributed by atoms with Crippen LogP contribution in [0.25, 0.3) is 0 Å². The van der Waals surface area contributed by atoms with Crippen molar-refractivity contribution in [3.8, 4) is 0 Å². The van der Waals surface area contributed by atoms with Crippen LogP contribution in [0.3, 0.4) is 0 Å². The maximum atomic E-state index is 12.6. The van der Waals surface area contributed by atoms with E-state index < -0.39 is 0 Å². The Hall–Kier alpha value is -1.06. The molecule has 4 heteroatoms. The molecule has 0 saturated heterocycles. The summed E-state index contributed by atoms with van der Waals surface area (Å²) in [5.41, 5.74) is 0. The van der Waals surface area contributed by atoms with Crippen LogP contribution >= 0.6 is 0 Å². The molecule has 30 heavy (non-hydrogen) atoms. The molecule has 0 aromatic carbocycles. The molecule has 4 nitrogen and oxygen atoms in total. The Morgan fingerprint density at radius 2 is 0.833 bits per heavy atom. The van der Waals surface area contributed by atoms with Crippen LogP contribution in [-0.2, 0) is 19.1 Å². The van der Waals surface area contributed by atoms with Crippen LogP contribution in [0.4, 0.5) is 0 Å². The molecule has 0 amide bonds. The third-order valence-corrected chi connectivity index (χ3v) is 8.55. The number of hydrogen-bond donors (Lipinski definition) is 0. The lowest BCUT2D eigenvalue weighted by Gasteiger charge is -2.37. The van der Waals surface area contributed by atoms with E-state index in [1.54, 1.807) is 0 Å². The minimum Gasteiger partial charge on any atom is -0.462 e. The van der Waals surface area contributed by atoms with Crippen LogP contribution < -0.4 is 0 Å². The molecule has 0 aromatic rings. The van der Waals surface area contributed by atoms with Crippen LogP contribution in [-0.4, -0.2) is 24.1 Å². The van der Waals surface area contributed by atoms with Crippen molar-refractivity contribution in [2.75, 3.05) is 0 Å². The summed E-state index contributed by atoms with van der Waals surface area (Å²) in [6, 6.07) is 0. The van der Waals surface area contributed by atoms with Crippen molar-refractivity contribution in [3.63, 3.8) is 0 Å². The standard InChI is InChI=1S/C26H42O4/c27-25(21-7-3-1-4-8-21)30-24-17-15-20(16-18-24)19-11-13-22(14-12-19)26(28)29-23-9-5-2-6-10-23/h19-24H,1-18H2. The van der Waals surface area contributed by atoms with Crippen molar-refractivity contribution in [1.29, 1.82) is 0 Å². The molecule has 0 bridgehead atoms. The predicted molar refractivity (Wildman–Crippen MR) is 117 cm³/mol. The Labute approximate surface area is 182 Å². The molecule has 0 unspecified atom stereocenters. The normalized spacial score (nSPS) is 34.3. The smallest absolute Gasteiger partial charge is 0.309 e. The number of ether oxygens (including phenoxy) is 2. The molecule has 4 fully saturated rings. The summed E-state index contributed by atoms with van der Waals surface area (Å²) in [6.45, 7) is 0. The fraction of sp³-hybridized carbons (Fsp3) is 0.923. The van der Waals surface area contributed by atoms with Crippen molar-refractivity contribution < 1.29 is 19.1 Å². The van der Waals surface area contributed by atoms with Gasteiger partial charge < -0.3 is 9.47 Å². The highest BCUT2D eigenvalue weighted by Gasteiger charge is 2.35. The minimum atomic E-state index is 0.0788. The summed E-state index contributed by atoms with van der Waals surface area (Å²) in [4.78, 5) is 25.0. The summed E-state index contributed by atoms with van der Waals surface area (Å²) in [7, 11) is 0. The summed E-state index contributed by atoms with van der Waals surface area (Å²) in [6.07, 6.45) is 20.7. The summed E-state index contributed by atoms with van der Waals surface area (Å²) in [5, 5.41) is 0. The van der Waals surface area contributed by atoms with Gasteiger partial charge in [-0.05, 0) is 102 Å². The molecule has 0 aromatic heterocycles. The molecule has 0 spiro atoms. The van der Waals surface area contributed by atoms with Gasteiger partial charge >= 0.3 is 11.9 Å². The zero-order valence-corrected chi connectivity index (χ0v) is 18.8. The van der Waals surface area contributed by atoms with Gasteiger partial charge in [-0.3, -0.25) is 9.59 Å². The third kappa shape index (κ3) is 6.01. The van der Waals surface area contributed by atoms with Gasteiger partial charge in [-0.25, -0.2) is 0 Å². The zero-order valence-electron chi connectivity index (χ0n) is 18.8. The van der Waals surface area contributed by atoms with E-state index in [4.69, 9.17) is 9.47 Å². The molecule has 0 radical (unpaired) electrons. The average Bonchev–Trinajstić information content (AvgIpc) is 2.81. The average molecular weight is 419 g/mol. The van der Waals surface area contributed by atoms with Crippen molar-refractivity contribution in [2.24, 2.45) is 23.7 Å². The SMILES string of the molecule is O=C(OC1CCC(C2CCC(C(=O)OC3CCCCC3)CC2)CC1)C1CCCCC1. The number of rotatable bonds is 5. The molecule has 4 saturated carbocycles. The fourth-order valence-corrected chi connectivity index (χ4v) is 6.55. The number of carbonyl (C=O) groups is 2. The van der Waals surface area contributed by atoms with Crippen molar-refractivity contribution in [1.82, 2.24) is 0 Å². The van der Waals surface area contributed by atoms with E-state index in [9.17, 15) is 9.59 Å². The molecule has 0 heterocycles. The van der Waals surface area contributed by atoms with E-state index in [0.717, 1.165) is 63.2 Å². The molecular weight excluding hydrogens is 376 g/mol. The number of carbonyl (C=O) groups excluding carboxylic acids is 2. The van der Waals surface area contributed by atoms with Gasteiger partial charge in [0.1, 0.15) is 12.2 Å². The highest BCUT2D eigenvalue weighted by molar-refractivity contribution is 5.73. The Bertz CT molecular complexity index is 545. The molecule has 0 N–H and O–H groups in total. The summed E-state index contributed by atoms with van der Waals surface area (Å²) < 4.78 is 11.7. The highest BCUT2D eigenvalue weighted by atomic mass is 16.5. The van der Waals surface area contributed by atoms with Gasteiger partial charge in [-0.1, -0.05) is 25.7 Å². The Morgan fingerprint density at radius 1 is 0.433 bits per heavy atom. The van der Waals surface area contributed by atoms with Crippen molar-refractivity contribution in [3.05, 3.63) is 0 Å². The van der Waals surface area contributed by atoms with Gasteiger partial charge in [0.2, 0.25) is 0 Å². The quantitative estimate of drug-likeness (QED) is 0.488. The largest absolute Gasteiger partial charge is 0.462 e. The Balaban J connectivity index is 1.14. The lowest BCUT2D eigenvalue weighted by atomic mass is 9.70. The van der Waals surface area contributed by atoms with Gasteiger partial charge in [-0.2, -0.15) is 0 Å². The molecular formula is C26H42O4. The maximum Gasteiger partial charge on any atom is 0.309 e. The topological polar surface area (TPSA) is 52.6 Å². The zero-order chi connectivity index (χ0) is 20.8. The van der Waals surface area contributed by atoms with E-state index in [-0.39, 0.29) is 36.0 Å². The van der Waals surface area contributed by atoms with Gasteiger partial charge in [0.15, 0.2) is 0 Å². The molecule has 0 atom stereocenters.